The van der Waals surface area contributed by atoms with Crippen LogP contribution in [0.5, 0.6) is 0 Å². The lowest BCUT2D eigenvalue weighted by Crippen LogP contribution is -2.10. The average Bonchev–Trinajstić information content (AvgIpc) is 2.84. The third-order valence-electron chi connectivity index (χ3n) is 2.80. The van der Waals surface area contributed by atoms with Gasteiger partial charge in [-0.3, -0.25) is 0 Å². The zero-order valence-corrected chi connectivity index (χ0v) is 13.0. The van der Waals surface area contributed by atoms with Crippen molar-refractivity contribution in [1.29, 1.82) is 0 Å². The third-order valence-corrected chi connectivity index (χ3v) is 3.62. The first-order chi connectivity index (χ1) is 9.71. The van der Waals surface area contributed by atoms with Gasteiger partial charge in [0.25, 0.3) is 0 Å². The largest absolute Gasteiger partial charge is 0.370 e. The molecule has 2 rings (SSSR count). The van der Waals surface area contributed by atoms with Crippen molar-refractivity contribution in [2.75, 3.05) is 23.7 Å². The molecule has 2 N–H and O–H groups in total. The van der Waals surface area contributed by atoms with E-state index >= 15 is 0 Å². The summed E-state index contributed by atoms with van der Waals surface area (Å²) in [5, 5.41) is 9.81. The standard InChI is InChI=1S/C14H21N5S/c1-4-12-18-13(15-5-2)8-14(19-12)16-7-6-11-9-20-10(3)17-11/h8-9H,4-7H2,1-3H3,(H2,15,16,18,19). The molecule has 0 atom stereocenters. The minimum Gasteiger partial charge on any atom is -0.370 e. The number of thiazole rings is 1. The molecule has 6 heteroatoms. The Labute approximate surface area is 123 Å². The molecule has 2 aromatic heterocycles. The van der Waals surface area contributed by atoms with Crippen LogP contribution < -0.4 is 10.6 Å². The highest BCUT2D eigenvalue weighted by molar-refractivity contribution is 7.09. The summed E-state index contributed by atoms with van der Waals surface area (Å²) in [4.78, 5) is 13.4. The van der Waals surface area contributed by atoms with E-state index in [1.807, 2.05) is 13.0 Å². The molecule has 0 aliphatic heterocycles. The van der Waals surface area contributed by atoms with Crippen LogP contribution in [0.4, 0.5) is 11.6 Å². The lowest BCUT2D eigenvalue weighted by molar-refractivity contribution is 0.915. The van der Waals surface area contributed by atoms with Crippen LogP contribution in [0.2, 0.25) is 0 Å². The number of nitrogens with zero attached hydrogens (tertiary/aromatic N) is 3. The van der Waals surface area contributed by atoms with Crippen molar-refractivity contribution < 1.29 is 0 Å². The third kappa shape index (κ3) is 4.16. The molecule has 2 heterocycles. The molecule has 0 saturated carbocycles. The predicted molar refractivity (Wildman–Crippen MR) is 84.6 cm³/mol. The van der Waals surface area contributed by atoms with E-state index in [2.05, 4.69) is 44.8 Å². The molecule has 0 aromatic carbocycles. The summed E-state index contributed by atoms with van der Waals surface area (Å²) in [7, 11) is 0. The molecule has 0 amide bonds. The van der Waals surface area contributed by atoms with Crippen LogP contribution in [0.3, 0.4) is 0 Å². The van der Waals surface area contributed by atoms with Gasteiger partial charge >= 0.3 is 0 Å². The molecule has 0 saturated heterocycles. The van der Waals surface area contributed by atoms with E-state index < -0.39 is 0 Å². The van der Waals surface area contributed by atoms with E-state index in [1.165, 1.54) is 0 Å². The quantitative estimate of drug-likeness (QED) is 0.821. The fourth-order valence-electron chi connectivity index (χ4n) is 1.86. The van der Waals surface area contributed by atoms with Crippen molar-refractivity contribution in [2.45, 2.75) is 33.6 Å². The number of nitrogens with one attached hydrogen (secondary N) is 2. The van der Waals surface area contributed by atoms with Crippen molar-refractivity contribution >= 4 is 23.0 Å². The van der Waals surface area contributed by atoms with Crippen molar-refractivity contribution in [3.05, 3.63) is 28.0 Å². The second-order valence-corrected chi connectivity index (χ2v) is 5.54. The summed E-state index contributed by atoms with van der Waals surface area (Å²) < 4.78 is 0. The van der Waals surface area contributed by atoms with Gasteiger partial charge in [-0.25, -0.2) is 15.0 Å². The maximum Gasteiger partial charge on any atom is 0.132 e. The van der Waals surface area contributed by atoms with Crippen LogP contribution in [0.25, 0.3) is 0 Å². The van der Waals surface area contributed by atoms with Crippen molar-refractivity contribution in [3.63, 3.8) is 0 Å². The van der Waals surface area contributed by atoms with Crippen LogP contribution in [-0.2, 0) is 12.8 Å². The van der Waals surface area contributed by atoms with E-state index in [4.69, 9.17) is 0 Å². The van der Waals surface area contributed by atoms with Gasteiger partial charge in [0.15, 0.2) is 0 Å². The summed E-state index contributed by atoms with van der Waals surface area (Å²) in [5.74, 6) is 2.61. The predicted octanol–water partition coefficient (Wildman–Crippen LogP) is 2.89. The highest BCUT2D eigenvalue weighted by atomic mass is 32.1. The fraction of sp³-hybridized carbons (Fsp3) is 0.500. The average molecular weight is 291 g/mol. The molecular formula is C14H21N5S. The lowest BCUT2D eigenvalue weighted by atomic mass is 10.3. The molecule has 0 spiro atoms. The Morgan fingerprint density at radius 3 is 2.45 bits per heavy atom. The highest BCUT2D eigenvalue weighted by Crippen LogP contribution is 2.13. The minimum absolute atomic E-state index is 0.828. The summed E-state index contributed by atoms with van der Waals surface area (Å²) in [5.41, 5.74) is 1.14. The summed E-state index contributed by atoms with van der Waals surface area (Å²) in [6.07, 6.45) is 1.74. The molecule has 2 aromatic rings. The van der Waals surface area contributed by atoms with E-state index in [-0.39, 0.29) is 0 Å². The van der Waals surface area contributed by atoms with Crippen LogP contribution in [0.1, 0.15) is 30.4 Å². The fourth-order valence-corrected chi connectivity index (χ4v) is 2.51. The van der Waals surface area contributed by atoms with Crippen LogP contribution in [0.15, 0.2) is 11.4 Å². The molecule has 0 unspecified atom stereocenters. The van der Waals surface area contributed by atoms with Crippen LogP contribution >= 0.6 is 11.3 Å². The number of rotatable bonds is 7. The number of aryl methyl sites for hydroxylation is 2. The van der Waals surface area contributed by atoms with Gasteiger partial charge in [-0.05, 0) is 13.8 Å². The molecule has 0 aliphatic rings. The maximum absolute atomic E-state index is 4.49. The van der Waals surface area contributed by atoms with Gasteiger partial charge in [-0.2, -0.15) is 0 Å². The van der Waals surface area contributed by atoms with Gasteiger partial charge in [0.05, 0.1) is 10.7 Å². The molecule has 108 valence electrons. The molecule has 0 aliphatic carbocycles. The Hall–Kier alpha value is -1.69. The van der Waals surface area contributed by atoms with Crippen molar-refractivity contribution in [3.8, 4) is 0 Å². The van der Waals surface area contributed by atoms with Gasteiger partial charge in [0.2, 0.25) is 0 Å². The first-order valence-electron chi connectivity index (χ1n) is 6.98. The van der Waals surface area contributed by atoms with Crippen LogP contribution in [-0.4, -0.2) is 28.0 Å². The molecule has 0 radical (unpaired) electrons. The van der Waals surface area contributed by atoms with E-state index in [0.717, 1.165) is 54.1 Å². The molecule has 0 bridgehead atoms. The van der Waals surface area contributed by atoms with E-state index in [1.54, 1.807) is 11.3 Å². The number of hydrogen-bond donors (Lipinski definition) is 2. The normalized spacial score (nSPS) is 10.6. The Morgan fingerprint density at radius 2 is 1.85 bits per heavy atom. The lowest BCUT2D eigenvalue weighted by Gasteiger charge is -2.09. The smallest absolute Gasteiger partial charge is 0.132 e. The summed E-state index contributed by atoms with van der Waals surface area (Å²) in [6, 6.07) is 1.95. The first kappa shape index (κ1) is 14.7. The Bertz CT molecular complexity index is 552. The maximum atomic E-state index is 4.49. The van der Waals surface area contributed by atoms with Gasteiger partial charge in [0.1, 0.15) is 17.5 Å². The summed E-state index contributed by atoms with van der Waals surface area (Å²) in [6.45, 7) is 7.84. The molecule has 5 nitrogen and oxygen atoms in total. The number of anilines is 2. The SMILES string of the molecule is CCNc1cc(NCCc2csc(C)n2)nc(CC)n1. The highest BCUT2D eigenvalue weighted by Gasteiger charge is 2.03. The zero-order chi connectivity index (χ0) is 14.4. The monoisotopic (exact) mass is 291 g/mol. The molecular weight excluding hydrogens is 270 g/mol. The zero-order valence-electron chi connectivity index (χ0n) is 12.2. The Kier molecular flexibility index (Phi) is 5.29. The van der Waals surface area contributed by atoms with Crippen molar-refractivity contribution in [1.82, 2.24) is 15.0 Å². The van der Waals surface area contributed by atoms with E-state index in [0.29, 0.717) is 0 Å². The second-order valence-electron chi connectivity index (χ2n) is 4.47. The van der Waals surface area contributed by atoms with Gasteiger partial charge < -0.3 is 10.6 Å². The second kappa shape index (κ2) is 7.19. The molecule has 0 fully saturated rings. The van der Waals surface area contributed by atoms with Crippen molar-refractivity contribution in [2.24, 2.45) is 0 Å². The Balaban J connectivity index is 1.95. The summed E-state index contributed by atoms with van der Waals surface area (Å²) >= 11 is 1.69. The minimum atomic E-state index is 0.828. The van der Waals surface area contributed by atoms with E-state index in [9.17, 15) is 0 Å². The van der Waals surface area contributed by atoms with Gasteiger partial charge in [-0.1, -0.05) is 6.92 Å². The molecule has 20 heavy (non-hydrogen) atoms. The number of hydrogen-bond acceptors (Lipinski definition) is 6. The first-order valence-corrected chi connectivity index (χ1v) is 7.86. The topological polar surface area (TPSA) is 62.7 Å². The van der Waals surface area contributed by atoms with Gasteiger partial charge in [0, 0.05) is 37.4 Å². The number of aromatic nitrogens is 3. The Morgan fingerprint density at radius 1 is 1.10 bits per heavy atom. The van der Waals surface area contributed by atoms with Crippen LogP contribution in [0, 0.1) is 6.92 Å². The van der Waals surface area contributed by atoms with Gasteiger partial charge in [-0.15, -0.1) is 11.3 Å².